The number of nitrogens with zero attached hydrogens (tertiary/aromatic N) is 1. The van der Waals surface area contributed by atoms with Gasteiger partial charge in [-0.2, -0.15) is 4.31 Å². The first-order chi connectivity index (χ1) is 11.6. The Morgan fingerprint density at radius 2 is 1.36 bits per heavy atom. The average Bonchev–Trinajstić information content (AvgIpc) is 2.49. The van der Waals surface area contributed by atoms with Crippen LogP contribution in [0.3, 0.4) is 0 Å². The van der Waals surface area contributed by atoms with E-state index in [9.17, 15) is 16.8 Å². The van der Waals surface area contributed by atoms with E-state index in [0.29, 0.717) is 10.5 Å². The summed E-state index contributed by atoms with van der Waals surface area (Å²) in [5, 5.41) is -0.823. The van der Waals surface area contributed by atoms with E-state index in [0.717, 1.165) is 43.2 Å². The Balaban J connectivity index is 1.76. The van der Waals surface area contributed by atoms with Gasteiger partial charge in [0.1, 0.15) is 0 Å². The van der Waals surface area contributed by atoms with Crippen molar-refractivity contribution in [3.8, 4) is 0 Å². The summed E-state index contributed by atoms with van der Waals surface area (Å²) in [6.45, 7) is 5.81. The van der Waals surface area contributed by atoms with Crippen molar-refractivity contribution in [3.05, 3.63) is 28.8 Å². The lowest BCUT2D eigenvalue weighted by molar-refractivity contribution is 0.306. The zero-order valence-electron chi connectivity index (χ0n) is 15.2. The zero-order chi connectivity index (χ0) is 18.4. The Bertz CT molecular complexity index is 863. The molecule has 2 fully saturated rings. The van der Waals surface area contributed by atoms with Crippen LogP contribution in [0, 0.1) is 20.8 Å². The van der Waals surface area contributed by atoms with Crippen molar-refractivity contribution in [2.75, 3.05) is 13.1 Å². The van der Waals surface area contributed by atoms with Crippen molar-refractivity contribution in [2.45, 2.75) is 68.3 Å². The molecule has 2 aliphatic rings. The van der Waals surface area contributed by atoms with Gasteiger partial charge in [-0.1, -0.05) is 25.3 Å². The second kappa shape index (κ2) is 6.67. The quantitative estimate of drug-likeness (QED) is 0.799. The molecule has 3 rings (SSSR count). The van der Waals surface area contributed by atoms with Crippen molar-refractivity contribution in [2.24, 2.45) is 0 Å². The molecule has 0 amide bonds. The molecule has 0 atom stereocenters. The van der Waals surface area contributed by atoms with E-state index in [1.165, 1.54) is 4.31 Å². The Hall–Kier alpha value is -0.920. The van der Waals surface area contributed by atoms with Crippen molar-refractivity contribution in [1.82, 2.24) is 4.31 Å². The highest BCUT2D eigenvalue weighted by molar-refractivity contribution is 7.93. The summed E-state index contributed by atoms with van der Waals surface area (Å²) in [4.78, 5) is 0.295. The van der Waals surface area contributed by atoms with E-state index in [1.54, 1.807) is 13.0 Å². The van der Waals surface area contributed by atoms with Crippen molar-refractivity contribution >= 4 is 19.9 Å². The highest BCUT2D eigenvalue weighted by Crippen LogP contribution is 2.33. The molecule has 0 radical (unpaired) electrons. The van der Waals surface area contributed by atoms with Crippen LogP contribution >= 0.6 is 0 Å². The Morgan fingerprint density at radius 1 is 0.800 bits per heavy atom. The average molecular weight is 386 g/mol. The maximum absolute atomic E-state index is 12.9. The van der Waals surface area contributed by atoms with Crippen LogP contribution in [0.25, 0.3) is 0 Å². The number of aryl methyl sites for hydroxylation is 3. The van der Waals surface area contributed by atoms with Crippen LogP contribution in [0.2, 0.25) is 0 Å². The maximum Gasteiger partial charge on any atom is 0.243 e. The number of benzene rings is 1. The monoisotopic (exact) mass is 385 g/mol. The minimum absolute atomic E-state index is 0.0908. The van der Waals surface area contributed by atoms with E-state index in [4.69, 9.17) is 0 Å². The summed E-state index contributed by atoms with van der Waals surface area (Å²) >= 11 is 0. The van der Waals surface area contributed by atoms with E-state index in [-0.39, 0.29) is 18.3 Å². The fraction of sp³-hybridized carbons (Fsp3) is 0.667. The van der Waals surface area contributed by atoms with E-state index < -0.39 is 25.1 Å². The maximum atomic E-state index is 12.9. The third-order valence-corrected chi connectivity index (χ3v) is 10.3. The molecule has 0 aromatic heterocycles. The fourth-order valence-corrected chi connectivity index (χ4v) is 8.14. The lowest BCUT2D eigenvalue weighted by Gasteiger charge is -2.40. The summed E-state index contributed by atoms with van der Waals surface area (Å²) in [7, 11) is -6.86. The molecular weight excluding hydrogens is 358 g/mol. The number of sulfone groups is 1. The molecule has 0 unspecified atom stereocenters. The summed E-state index contributed by atoms with van der Waals surface area (Å²) in [5.41, 5.74) is 2.69. The molecule has 0 spiro atoms. The third-order valence-electron chi connectivity index (χ3n) is 5.71. The van der Waals surface area contributed by atoms with Crippen molar-refractivity contribution < 1.29 is 16.8 Å². The van der Waals surface area contributed by atoms with Crippen LogP contribution in [0.15, 0.2) is 17.0 Å². The number of hydrogen-bond acceptors (Lipinski definition) is 4. The molecule has 1 heterocycles. The molecule has 0 N–H and O–H groups in total. The number of rotatable bonds is 4. The van der Waals surface area contributed by atoms with Crippen LogP contribution in [-0.4, -0.2) is 44.7 Å². The molecule has 1 saturated heterocycles. The minimum atomic E-state index is -3.63. The van der Waals surface area contributed by atoms with Crippen molar-refractivity contribution in [1.29, 1.82) is 0 Å². The third kappa shape index (κ3) is 3.38. The SMILES string of the molecule is Cc1cc(C)c(S(=O)(=O)N2CC(S(=O)(=O)C3CCCCC3)C2)cc1C. The standard InChI is InChI=1S/C18H27NO4S2/c1-13-9-15(3)18(10-14(13)2)25(22,23)19-11-17(12-19)24(20,21)16-7-5-4-6-8-16/h9-10,16-17H,4-8,11-12H2,1-3H3. The van der Waals surface area contributed by atoms with Gasteiger partial charge in [-0.15, -0.1) is 0 Å². The first-order valence-electron chi connectivity index (χ1n) is 8.94. The topological polar surface area (TPSA) is 71.5 Å². The summed E-state index contributed by atoms with van der Waals surface area (Å²) in [5.74, 6) is 0. The van der Waals surface area contributed by atoms with Crippen LogP contribution in [0.1, 0.15) is 48.8 Å². The molecule has 1 aromatic carbocycles. The van der Waals surface area contributed by atoms with E-state index in [2.05, 4.69) is 0 Å². The number of hydrogen-bond donors (Lipinski definition) is 0. The molecule has 1 saturated carbocycles. The molecule has 1 aromatic rings. The Morgan fingerprint density at radius 3 is 1.96 bits per heavy atom. The van der Waals surface area contributed by atoms with Gasteiger partial charge in [-0.3, -0.25) is 0 Å². The summed E-state index contributed by atoms with van der Waals surface area (Å²) in [6, 6.07) is 3.57. The Kier molecular flexibility index (Phi) is 5.03. The summed E-state index contributed by atoms with van der Waals surface area (Å²) < 4.78 is 52.5. The van der Waals surface area contributed by atoms with Gasteiger partial charge in [0.05, 0.1) is 15.4 Å². The number of sulfonamides is 1. The highest BCUT2D eigenvalue weighted by atomic mass is 32.2. The molecule has 7 heteroatoms. The lowest BCUT2D eigenvalue weighted by atomic mass is 10.0. The van der Waals surface area contributed by atoms with E-state index >= 15 is 0 Å². The van der Waals surface area contributed by atoms with Gasteiger partial charge in [0, 0.05) is 13.1 Å². The highest BCUT2D eigenvalue weighted by Gasteiger charge is 2.46. The largest absolute Gasteiger partial charge is 0.243 e. The molecule has 25 heavy (non-hydrogen) atoms. The van der Waals surface area contributed by atoms with Gasteiger partial charge >= 0.3 is 0 Å². The molecular formula is C18H27NO4S2. The van der Waals surface area contributed by atoms with Gasteiger partial charge in [0.25, 0.3) is 0 Å². The van der Waals surface area contributed by atoms with Gasteiger partial charge in [-0.25, -0.2) is 16.8 Å². The van der Waals surface area contributed by atoms with Gasteiger partial charge in [0.2, 0.25) is 10.0 Å². The van der Waals surface area contributed by atoms with Crippen LogP contribution in [0.4, 0.5) is 0 Å². The molecule has 1 aliphatic carbocycles. The predicted molar refractivity (Wildman–Crippen MR) is 99.0 cm³/mol. The fourth-order valence-electron chi connectivity index (χ4n) is 3.82. The molecule has 0 bridgehead atoms. The minimum Gasteiger partial charge on any atom is -0.228 e. The second-order valence-electron chi connectivity index (χ2n) is 7.50. The van der Waals surface area contributed by atoms with E-state index in [1.807, 2.05) is 19.9 Å². The smallest absolute Gasteiger partial charge is 0.228 e. The van der Waals surface area contributed by atoms with Crippen LogP contribution < -0.4 is 0 Å². The second-order valence-corrected chi connectivity index (χ2v) is 11.9. The zero-order valence-corrected chi connectivity index (χ0v) is 16.8. The predicted octanol–water partition coefficient (Wildman–Crippen LogP) is 2.73. The molecule has 140 valence electrons. The normalized spacial score (nSPS) is 21.2. The van der Waals surface area contributed by atoms with Crippen LogP contribution in [-0.2, 0) is 19.9 Å². The molecule has 1 aliphatic heterocycles. The van der Waals surface area contributed by atoms with Gasteiger partial charge < -0.3 is 0 Å². The summed E-state index contributed by atoms with van der Waals surface area (Å²) in [6.07, 6.45) is 4.47. The lowest BCUT2D eigenvalue weighted by Crippen LogP contribution is -2.58. The van der Waals surface area contributed by atoms with Gasteiger partial charge in [-0.05, 0) is 56.4 Å². The molecule has 5 nitrogen and oxygen atoms in total. The van der Waals surface area contributed by atoms with Crippen LogP contribution in [0.5, 0.6) is 0 Å². The first kappa shape index (κ1) is 18.9. The first-order valence-corrected chi connectivity index (χ1v) is 12.0. The van der Waals surface area contributed by atoms with Gasteiger partial charge in [0.15, 0.2) is 9.84 Å². The van der Waals surface area contributed by atoms with Crippen molar-refractivity contribution in [3.63, 3.8) is 0 Å². The Labute approximate surface area is 151 Å².